The first-order valence-corrected chi connectivity index (χ1v) is 9.83. The zero-order valence-corrected chi connectivity index (χ0v) is 17.8. The summed E-state index contributed by atoms with van der Waals surface area (Å²) in [6, 6.07) is 2.93. The summed E-state index contributed by atoms with van der Waals surface area (Å²) in [6.07, 6.45) is -3.05. The van der Waals surface area contributed by atoms with Gasteiger partial charge in [-0.15, -0.1) is 0 Å². The Morgan fingerprint density at radius 1 is 1.21 bits per heavy atom. The number of carbonyl (C=O) groups excluding carboxylic acids is 2. The Kier molecular flexibility index (Phi) is 7.22. The lowest BCUT2D eigenvalue weighted by Crippen LogP contribution is -2.49. The minimum atomic E-state index is -4.51. The summed E-state index contributed by atoms with van der Waals surface area (Å²) in [5.41, 5.74) is -1.38. The number of hydrogen-bond donors (Lipinski definition) is 1. The lowest BCUT2D eigenvalue weighted by molar-refractivity contribution is -0.141. The highest BCUT2D eigenvalue weighted by Crippen LogP contribution is 2.33. The van der Waals surface area contributed by atoms with Crippen LogP contribution in [0.1, 0.15) is 39.2 Å². The van der Waals surface area contributed by atoms with E-state index in [1.807, 2.05) is 25.7 Å². The van der Waals surface area contributed by atoms with Crippen LogP contribution < -0.4 is 5.32 Å². The second-order valence-electron chi connectivity index (χ2n) is 8.41. The number of halogens is 4. The fraction of sp³-hybridized carbons (Fsp3) is 0.600. The lowest BCUT2D eigenvalue weighted by atomic mass is 9.92. The number of piperidine rings is 1. The van der Waals surface area contributed by atoms with Gasteiger partial charge in [0.2, 0.25) is 11.8 Å². The molecular formula is C20H27ClF3N3O2. The summed E-state index contributed by atoms with van der Waals surface area (Å²) in [5, 5.41) is 2.51. The zero-order chi connectivity index (χ0) is 22.0. The molecule has 0 radical (unpaired) electrons. The van der Waals surface area contributed by atoms with Gasteiger partial charge in [0.25, 0.3) is 0 Å². The molecule has 1 saturated heterocycles. The fourth-order valence-electron chi connectivity index (χ4n) is 3.35. The van der Waals surface area contributed by atoms with Crippen molar-refractivity contribution in [2.45, 2.75) is 45.8 Å². The maximum atomic E-state index is 12.9. The summed E-state index contributed by atoms with van der Waals surface area (Å²) < 4.78 is 38.6. The number of carbonyl (C=O) groups is 2. The first-order chi connectivity index (χ1) is 13.3. The maximum absolute atomic E-state index is 12.9. The van der Waals surface area contributed by atoms with Crippen molar-refractivity contribution in [3.05, 3.63) is 28.8 Å². The van der Waals surface area contributed by atoms with E-state index in [2.05, 4.69) is 5.32 Å². The molecule has 0 aliphatic carbocycles. The van der Waals surface area contributed by atoms with Gasteiger partial charge >= 0.3 is 6.18 Å². The summed E-state index contributed by atoms with van der Waals surface area (Å²) in [7, 11) is 1.80. The average Bonchev–Trinajstić information content (AvgIpc) is 2.61. The first-order valence-electron chi connectivity index (χ1n) is 9.45. The molecule has 0 bridgehead atoms. The largest absolute Gasteiger partial charge is 0.416 e. The molecule has 0 spiro atoms. The van der Waals surface area contributed by atoms with Gasteiger partial charge in [0.1, 0.15) is 0 Å². The Morgan fingerprint density at radius 3 is 2.31 bits per heavy atom. The molecule has 0 unspecified atom stereocenters. The number of benzene rings is 1. The Hall–Kier alpha value is -1.80. The highest BCUT2D eigenvalue weighted by atomic mass is 35.5. The van der Waals surface area contributed by atoms with Gasteiger partial charge in [-0.3, -0.25) is 14.5 Å². The molecule has 162 valence electrons. The number of nitrogens with zero attached hydrogens (tertiary/aromatic N) is 2. The van der Waals surface area contributed by atoms with Gasteiger partial charge in [-0.2, -0.15) is 13.2 Å². The van der Waals surface area contributed by atoms with Crippen molar-refractivity contribution in [3.63, 3.8) is 0 Å². The summed E-state index contributed by atoms with van der Waals surface area (Å²) in [6.45, 7) is 6.93. The van der Waals surface area contributed by atoms with Gasteiger partial charge in [-0.05, 0) is 31.0 Å². The normalized spacial score (nSPS) is 16.6. The van der Waals surface area contributed by atoms with Crippen LogP contribution >= 0.6 is 11.6 Å². The lowest BCUT2D eigenvalue weighted by Gasteiger charge is -2.38. The topological polar surface area (TPSA) is 52.7 Å². The molecule has 1 aliphatic heterocycles. The molecule has 2 rings (SSSR count). The molecule has 1 N–H and O–H groups in total. The third-order valence-electron chi connectivity index (χ3n) is 5.00. The van der Waals surface area contributed by atoms with Gasteiger partial charge in [0.05, 0.1) is 22.8 Å². The second-order valence-corrected chi connectivity index (χ2v) is 8.82. The number of likely N-dealkylation sites (tertiary alicyclic amines) is 1. The van der Waals surface area contributed by atoms with Gasteiger partial charge in [0.15, 0.2) is 0 Å². The predicted molar refractivity (Wildman–Crippen MR) is 107 cm³/mol. The van der Waals surface area contributed by atoms with Crippen molar-refractivity contribution in [2.75, 3.05) is 32.0 Å². The number of anilines is 1. The zero-order valence-electron chi connectivity index (χ0n) is 17.1. The Morgan fingerprint density at radius 2 is 1.79 bits per heavy atom. The van der Waals surface area contributed by atoms with Crippen LogP contribution in [-0.4, -0.2) is 54.3 Å². The Balaban J connectivity index is 1.90. The minimum absolute atomic E-state index is 0.0485. The van der Waals surface area contributed by atoms with E-state index in [1.165, 1.54) is 0 Å². The van der Waals surface area contributed by atoms with E-state index in [9.17, 15) is 22.8 Å². The van der Waals surface area contributed by atoms with Crippen LogP contribution in [0, 0.1) is 5.41 Å². The van der Waals surface area contributed by atoms with E-state index < -0.39 is 23.1 Å². The molecule has 0 saturated carbocycles. The smallest absolute Gasteiger partial charge is 0.342 e. The van der Waals surface area contributed by atoms with E-state index in [0.29, 0.717) is 13.1 Å². The molecule has 1 aromatic rings. The van der Waals surface area contributed by atoms with Crippen molar-refractivity contribution in [1.29, 1.82) is 0 Å². The number of rotatable bonds is 4. The van der Waals surface area contributed by atoms with Gasteiger partial charge in [-0.1, -0.05) is 32.4 Å². The van der Waals surface area contributed by atoms with Crippen LogP contribution in [0.3, 0.4) is 0 Å². The van der Waals surface area contributed by atoms with Crippen molar-refractivity contribution >= 4 is 29.1 Å². The van der Waals surface area contributed by atoms with Crippen molar-refractivity contribution < 1.29 is 22.8 Å². The molecule has 29 heavy (non-hydrogen) atoms. The number of amides is 2. The van der Waals surface area contributed by atoms with Crippen molar-refractivity contribution in [2.24, 2.45) is 5.41 Å². The monoisotopic (exact) mass is 433 g/mol. The summed E-state index contributed by atoms with van der Waals surface area (Å²) in [5.74, 6) is -0.350. The van der Waals surface area contributed by atoms with Crippen LogP contribution in [0.4, 0.5) is 18.9 Å². The van der Waals surface area contributed by atoms with Gasteiger partial charge in [-0.25, -0.2) is 0 Å². The van der Waals surface area contributed by atoms with E-state index in [0.717, 1.165) is 31.0 Å². The standard InChI is InChI=1S/C20H27ClF3N3O2/c1-19(2,3)18(29)26(4)14-7-9-27(10-8-14)12-17(28)25-16-11-13(20(22,23)24)5-6-15(16)21/h5-6,11,14H,7-10,12H2,1-4H3,(H,25,28). The Bertz CT molecular complexity index is 754. The molecular weight excluding hydrogens is 407 g/mol. The Labute approximate surface area is 174 Å². The first kappa shape index (κ1) is 23.5. The molecule has 0 atom stereocenters. The van der Waals surface area contributed by atoms with E-state index in [-0.39, 0.29) is 29.2 Å². The molecule has 0 aromatic heterocycles. The molecule has 2 amide bonds. The van der Waals surface area contributed by atoms with Crippen LogP contribution in [-0.2, 0) is 15.8 Å². The van der Waals surface area contributed by atoms with Gasteiger partial charge < -0.3 is 10.2 Å². The maximum Gasteiger partial charge on any atom is 0.416 e. The molecule has 1 aromatic carbocycles. The third kappa shape index (κ3) is 6.34. The molecule has 5 nitrogen and oxygen atoms in total. The SMILES string of the molecule is CN(C(=O)C(C)(C)C)C1CCN(CC(=O)Nc2cc(C(F)(F)F)ccc2Cl)CC1. The van der Waals surface area contributed by atoms with Crippen LogP contribution in [0.25, 0.3) is 0 Å². The number of alkyl halides is 3. The van der Waals surface area contributed by atoms with Gasteiger partial charge in [0, 0.05) is 31.6 Å². The third-order valence-corrected chi connectivity index (χ3v) is 5.33. The molecule has 1 heterocycles. The summed E-state index contributed by atoms with van der Waals surface area (Å²) in [4.78, 5) is 28.4. The van der Waals surface area contributed by atoms with Crippen molar-refractivity contribution in [1.82, 2.24) is 9.80 Å². The second kappa shape index (κ2) is 8.92. The summed E-state index contributed by atoms with van der Waals surface area (Å²) >= 11 is 5.92. The highest BCUT2D eigenvalue weighted by molar-refractivity contribution is 6.33. The van der Waals surface area contributed by atoms with Crippen LogP contribution in [0.15, 0.2) is 18.2 Å². The average molecular weight is 434 g/mol. The molecule has 9 heteroatoms. The fourth-order valence-corrected chi connectivity index (χ4v) is 3.51. The quantitative estimate of drug-likeness (QED) is 0.771. The molecule has 1 aliphatic rings. The highest BCUT2D eigenvalue weighted by Gasteiger charge is 2.32. The predicted octanol–water partition coefficient (Wildman–Crippen LogP) is 4.27. The number of nitrogens with one attached hydrogen (secondary N) is 1. The minimum Gasteiger partial charge on any atom is -0.342 e. The van der Waals surface area contributed by atoms with E-state index in [4.69, 9.17) is 11.6 Å². The van der Waals surface area contributed by atoms with E-state index in [1.54, 1.807) is 11.9 Å². The number of hydrogen-bond acceptors (Lipinski definition) is 3. The van der Waals surface area contributed by atoms with E-state index >= 15 is 0 Å². The van der Waals surface area contributed by atoms with Crippen LogP contribution in [0.2, 0.25) is 5.02 Å². The van der Waals surface area contributed by atoms with Crippen molar-refractivity contribution in [3.8, 4) is 0 Å². The molecule has 1 fully saturated rings. The van der Waals surface area contributed by atoms with Crippen LogP contribution in [0.5, 0.6) is 0 Å².